The molecule has 0 aliphatic carbocycles. The summed E-state index contributed by atoms with van der Waals surface area (Å²) in [6, 6.07) is 0. The lowest BCUT2D eigenvalue weighted by molar-refractivity contribution is -1.41. The molecule has 0 heterocycles. The summed E-state index contributed by atoms with van der Waals surface area (Å²) in [7, 11) is 3.55. The minimum atomic E-state index is -0.417. The minimum absolute atomic E-state index is 0.0621. The molecule has 5 nitrogen and oxygen atoms in total. The Kier molecular flexibility index (Phi) is 8.90. The van der Waals surface area contributed by atoms with Crippen LogP contribution >= 0.6 is 0 Å². The van der Waals surface area contributed by atoms with Crippen LogP contribution in [0.3, 0.4) is 0 Å². The molecule has 0 rings (SSSR count). The van der Waals surface area contributed by atoms with Crippen molar-refractivity contribution in [1.82, 2.24) is 0 Å². The van der Waals surface area contributed by atoms with Gasteiger partial charge >= 0.3 is 5.91 Å². The van der Waals surface area contributed by atoms with Gasteiger partial charge in [0, 0.05) is 0 Å². The van der Waals surface area contributed by atoms with Crippen LogP contribution in [0.2, 0.25) is 0 Å². The van der Waals surface area contributed by atoms with Crippen molar-refractivity contribution in [2.75, 3.05) is 27.2 Å². The summed E-state index contributed by atoms with van der Waals surface area (Å²) in [5, 5.41) is 8.48. The summed E-state index contributed by atoms with van der Waals surface area (Å²) >= 11 is -0.417. The van der Waals surface area contributed by atoms with E-state index in [9.17, 15) is 4.79 Å². The molecule has 0 aliphatic heterocycles. The molecule has 6 heteroatoms. The molecule has 0 aromatic heterocycles. The van der Waals surface area contributed by atoms with Crippen molar-refractivity contribution in [3.05, 3.63) is 0 Å². The first-order valence-corrected chi connectivity index (χ1v) is 3.88. The van der Waals surface area contributed by atoms with Crippen LogP contribution in [0.15, 0.2) is 0 Å². The van der Waals surface area contributed by atoms with E-state index >= 15 is 0 Å². The van der Waals surface area contributed by atoms with Gasteiger partial charge in [0.05, 0.1) is 39.0 Å². The maximum absolute atomic E-state index is 10.7. The van der Waals surface area contributed by atoms with Crippen molar-refractivity contribution >= 4 is 5.91 Å². The fourth-order valence-corrected chi connectivity index (χ4v) is 0.407. The maximum Gasteiger partial charge on any atom is 0.310 e. The molecule has 1 amide bonds. The van der Waals surface area contributed by atoms with Gasteiger partial charge in [0.25, 0.3) is 0 Å². The van der Waals surface area contributed by atoms with E-state index in [1.807, 2.05) is 0 Å². The molecule has 0 unspecified atom stereocenters. The Morgan fingerprint density at radius 3 is 1.92 bits per heavy atom. The Balaban J connectivity index is 0. The lowest BCUT2D eigenvalue weighted by Crippen LogP contribution is -2.45. The number of hydrogen-bond donors (Lipinski definition) is 1. The number of amides is 1. The van der Waals surface area contributed by atoms with Gasteiger partial charge in [-0.1, -0.05) is 0 Å². The number of quaternary nitrogens is 1. The second-order valence-corrected chi connectivity index (χ2v) is 2.84. The highest BCUT2D eigenvalue weighted by Gasteiger charge is 2.19. The van der Waals surface area contributed by atoms with Crippen molar-refractivity contribution in [2.24, 2.45) is 0 Å². The van der Waals surface area contributed by atoms with E-state index in [4.69, 9.17) is 14.4 Å². The van der Waals surface area contributed by atoms with Gasteiger partial charge < -0.3 is 14.4 Å². The van der Waals surface area contributed by atoms with Gasteiger partial charge in [0.1, 0.15) is 6.54 Å². The Morgan fingerprint density at radius 2 is 1.83 bits per heavy atom. The van der Waals surface area contributed by atoms with Crippen molar-refractivity contribution in [3.8, 4) is 0 Å². The Morgan fingerprint density at radius 1 is 1.50 bits per heavy atom. The molecular weight excluding hydrogens is 186 g/mol. The van der Waals surface area contributed by atoms with Crippen molar-refractivity contribution in [1.29, 1.82) is 0 Å². The first kappa shape index (κ1) is 14.3. The second-order valence-electron chi connectivity index (χ2n) is 2.71. The van der Waals surface area contributed by atoms with E-state index in [2.05, 4.69) is 0 Å². The highest BCUT2D eigenvalue weighted by Crippen LogP contribution is 1.94. The van der Waals surface area contributed by atoms with Crippen LogP contribution in [-0.2, 0) is 4.79 Å². The summed E-state index contributed by atoms with van der Waals surface area (Å²) < 4.78 is 16.7. The van der Waals surface area contributed by atoms with E-state index in [0.29, 0.717) is 6.54 Å². The first-order valence-electron chi connectivity index (χ1n) is 3.26. The fourth-order valence-electron chi connectivity index (χ4n) is 0.407. The lowest BCUT2D eigenvalue weighted by Gasteiger charge is -2.23. The molecule has 1 N–H and O–H groups in total. The smallest absolute Gasteiger partial charge is 0.310 e. The molecule has 0 aromatic rings. The molecule has 0 spiro atoms. The molecule has 0 saturated heterocycles. The number of carbonyl (C=O) groups excluding carboxylic acids is 1. The average Bonchev–Trinajstić information content (AvgIpc) is 1.88. The number of likely N-dealkylation sites (N-methyl/N-ethyl adjacent to an activating group) is 1. The summed E-state index contributed by atoms with van der Waals surface area (Å²) in [5.41, 5.74) is 0. The van der Waals surface area contributed by atoms with Crippen LogP contribution < -0.4 is 9.32 Å². The monoisotopic (exact) mass is 199 g/mol. The molecule has 12 heavy (non-hydrogen) atoms. The van der Waals surface area contributed by atoms with E-state index < -0.39 is 11.3 Å². The van der Waals surface area contributed by atoms with Crippen LogP contribution in [0.5, 0.6) is 0 Å². The van der Waals surface area contributed by atoms with Gasteiger partial charge in [-0.3, -0.25) is 4.48 Å². The summed E-state index contributed by atoms with van der Waals surface area (Å²) in [6.45, 7) is 2.08. The van der Waals surface area contributed by atoms with Gasteiger partial charge in [-0.15, -0.1) is 0 Å². The molecule has 0 atom stereocenters. The molecule has 0 bridgehead atoms. The highest BCUT2D eigenvalue weighted by atomic mass is 35.6. The number of aliphatic hydroxyl groups excluding tert-OH is 1. The van der Waals surface area contributed by atoms with E-state index in [1.165, 1.54) is 6.92 Å². The van der Waals surface area contributed by atoms with Gasteiger partial charge in [-0.05, 0) is 0 Å². The number of rotatable bonds is 2. The highest BCUT2D eigenvalue weighted by molar-refractivity contribution is 5.65. The molecule has 0 aliphatic rings. The normalized spacial score (nSPS) is 10.2. The van der Waals surface area contributed by atoms with Crippen LogP contribution in [-0.4, -0.2) is 42.7 Å². The Bertz CT molecular complexity index is 129. The zero-order valence-corrected chi connectivity index (χ0v) is 8.17. The first-order chi connectivity index (χ1) is 5.42. The quantitative estimate of drug-likeness (QED) is 0.488. The van der Waals surface area contributed by atoms with Crippen LogP contribution in [0.1, 0.15) is 6.92 Å². The van der Waals surface area contributed by atoms with Crippen molar-refractivity contribution < 1.29 is 35.0 Å². The third-order valence-electron chi connectivity index (χ3n) is 1.51. The SMILES string of the molecule is CC(=O)[N+](C)(C)CCO.[O-][Cl+][O-]. The summed E-state index contributed by atoms with van der Waals surface area (Å²) in [5.74, 6) is 0.0732. The van der Waals surface area contributed by atoms with E-state index in [0.717, 1.165) is 0 Å². The lowest BCUT2D eigenvalue weighted by atomic mass is 10.4. The second kappa shape index (κ2) is 7.45. The predicted molar refractivity (Wildman–Crippen MR) is 34.7 cm³/mol. The van der Waals surface area contributed by atoms with E-state index in [-0.39, 0.29) is 17.0 Å². The zero-order valence-electron chi connectivity index (χ0n) is 7.41. The molecule has 0 saturated carbocycles. The number of aliphatic hydroxyl groups is 1. The molecule has 0 fully saturated rings. The molecule has 0 radical (unpaired) electrons. The van der Waals surface area contributed by atoms with Gasteiger partial charge in [-0.25, -0.2) is 4.79 Å². The largest absolute Gasteiger partial charge is 0.544 e. The number of halogens is 1. The van der Waals surface area contributed by atoms with Gasteiger partial charge in [0.15, 0.2) is 0 Å². The topological polar surface area (TPSA) is 83.4 Å². The summed E-state index contributed by atoms with van der Waals surface area (Å²) in [6.07, 6.45) is 0. The molecule has 74 valence electrons. The van der Waals surface area contributed by atoms with E-state index in [1.54, 1.807) is 14.1 Å². The van der Waals surface area contributed by atoms with Crippen molar-refractivity contribution in [3.63, 3.8) is 0 Å². The third-order valence-corrected chi connectivity index (χ3v) is 1.51. The van der Waals surface area contributed by atoms with Crippen LogP contribution in [0.25, 0.3) is 0 Å². The predicted octanol–water partition coefficient (Wildman–Crippen LogP) is -2.78. The van der Waals surface area contributed by atoms with Crippen molar-refractivity contribution in [2.45, 2.75) is 6.92 Å². The number of hydrogen-bond acceptors (Lipinski definition) is 4. The van der Waals surface area contributed by atoms with Crippen LogP contribution in [0, 0.1) is 11.3 Å². The minimum Gasteiger partial charge on any atom is -0.544 e. The summed E-state index contributed by atoms with van der Waals surface area (Å²) in [4.78, 5) is 10.7. The number of carbonyl (C=O) groups is 1. The van der Waals surface area contributed by atoms with Gasteiger partial charge in [-0.2, -0.15) is 0 Å². The third kappa shape index (κ3) is 7.90. The average molecular weight is 200 g/mol. The molecule has 0 aromatic carbocycles. The Labute approximate surface area is 75.9 Å². The van der Waals surface area contributed by atoms with Gasteiger partial charge in [0.2, 0.25) is 0 Å². The standard InChI is InChI=1S/C6H14NO2.ClO2/c1-6(9)7(2,3)4-5-8;2-1-3/h8H,4-5H2,1-3H3;/q+1;-1. The van der Waals surface area contributed by atoms with Crippen LogP contribution in [0.4, 0.5) is 0 Å². The zero-order chi connectivity index (χ0) is 10.2. The maximum atomic E-state index is 10.7. The Hall–Kier alpha value is -0.200. The number of nitrogens with zero attached hydrogens (tertiary/aromatic N) is 1. The fraction of sp³-hybridized carbons (Fsp3) is 0.833. The molecular formula is C6H14ClNO4.